The Labute approximate surface area is 167 Å². The predicted octanol–water partition coefficient (Wildman–Crippen LogP) is 3.76. The summed E-state index contributed by atoms with van der Waals surface area (Å²) in [4.78, 5) is 27.2. The highest BCUT2D eigenvalue weighted by Crippen LogP contribution is 2.37. The second-order valence-electron chi connectivity index (χ2n) is 6.79. The van der Waals surface area contributed by atoms with E-state index >= 15 is 0 Å². The number of amides is 2. The van der Waals surface area contributed by atoms with Crippen LogP contribution in [0.4, 0.5) is 4.39 Å². The highest BCUT2D eigenvalue weighted by Gasteiger charge is 2.46. The van der Waals surface area contributed by atoms with Gasteiger partial charge in [0.2, 0.25) is 0 Å². The average Bonchev–Trinajstić information content (AvgIpc) is 2.64. The Morgan fingerprint density at radius 1 is 1.19 bits per heavy atom. The quantitative estimate of drug-likeness (QED) is 0.791. The lowest BCUT2D eigenvalue weighted by molar-refractivity contribution is -0.130. The first-order valence-electron chi connectivity index (χ1n) is 8.42. The summed E-state index contributed by atoms with van der Waals surface area (Å²) in [5.74, 6) is -0.913. The fourth-order valence-corrected chi connectivity index (χ4v) is 4.63. The number of nitrogens with one attached hydrogen (secondary N) is 1. The molecule has 1 fully saturated rings. The van der Waals surface area contributed by atoms with Crippen LogP contribution >= 0.6 is 24.0 Å². The van der Waals surface area contributed by atoms with Crippen LogP contribution < -0.4 is 5.32 Å². The van der Waals surface area contributed by atoms with Crippen molar-refractivity contribution in [1.82, 2.24) is 10.2 Å². The summed E-state index contributed by atoms with van der Waals surface area (Å²) in [5.41, 5.74) is 1.25. The Morgan fingerprint density at radius 2 is 1.81 bits per heavy atom. The van der Waals surface area contributed by atoms with E-state index in [2.05, 4.69) is 5.32 Å². The summed E-state index contributed by atoms with van der Waals surface area (Å²) in [6, 6.07) is 14.0. The number of thioether (sulfide) groups is 1. The summed E-state index contributed by atoms with van der Waals surface area (Å²) in [5, 5.41) is 2.85. The number of hydrogen-bond acceptors (Lipinski definition) is 4. The molecular weight excluding hydrogens is 383 g/mol. The molecule has 2 amide bonds. The third kappa shape index (κ3) is 4.36. The van der Waals surface area contributed by atoms with Crippen LogP contribution in [0.3, 0.4) is 0 Å². The molecule has 0 radical (unpaired) electrons. The van der Waals surface area contributed by atoms with Crippen molar-refractivity contribution in [3.8, 4) is 0 Å². The second-order valence-corrected chi connectivity index (χ2v) is 9.08. The third-order valence-corrected chi connectivity index (χ3v) is 5.97. The van der Waals surface area contributed by atoms with Gasteiger partial charge in [0.05, 0.1) is 6.54 Å². The Kier molecular flexibility index (Phi) is 5.62. The van der Waals surface area contributed by atoms with Gasteiger partial charge in [0.1, 0.15) is 16.2 Å². The highest BCUT2D eigenvalue weighted by atomic mass is 32.2. The molecule has 2 aromatic rings. The van der Waals surface area contributed by atoms with Crippen molar-refractivity contribution in [2.24, 2.45) is 0 Å². The summed E-state index contributed by atoms with van der Waals surface area (Å²) in [7, 11) is 0. The molecule has 0 bridgehead atoms. The molecule has 4 nitrogen and oxygen atoms in total. The zero-order valence-electron chi connectivity index (χ0n) is 14.9. The van der Waals surface area contributed by atoms with Crippen LogP contribution in [0, 0.1) is 5.82 Å². The van der Waals surface area contributed by atoms with Crippen molar-refractivity contribution in [2.45, 2.75) is 31.2 Å². The molecule has 0 spiro atoms. The smallest absolute Gasteiger partial charge is 0.252 e. The Bertz CT molecular complexity index is 869. The molecule has 7 heteroatoms. The lowest BCUT2D eigenvalue weighted by Crippen LogP contribution is -2.62. The first kappa shape index (κ1) is 19.5. The fraction of sp³-hybridized carbons (Fsp3) is 0.250. The molecule has 1 N–H and O–H groups in total. The van der Waals surface area contributed by atoms with Gasteiger partial charge in [-0.05, 0) is 43.7 Å². The number of hydrogen-bond donors (Lipinski definition) is 1. The maximum atomic E-state index is 13.1. The largest absolute Gasteiger partial charge is 0.339 e. The molecule has 1 atom stereocenters. The molecule has 1 aliphatic heterocycles. The van der Waals surface area contributed by atoms with Gasteiger partial charge in [-0.25, -0.2) is 4.39 Å². The van der Waals surface area contributed by atoms with E-state index in [1.54, 1.807) is 36.4 Å². The Hall–Kier alpha value is -2.25. The van der Waals surface area contributed by atoms with Crippen molar-refractivity contribution in [1.29, 1.82) is 0 Å². The molecule has 1 heterocycles. The van der Waals surface area contributed by atoms with Crippen molar-refractivity contribution >= 4 is 40.1 Å². The van der Waals surface area contributed by atoms with Crippen LogP contribution in [0.1, 0.15) is 29.8 Å². The van der Waals surface area contributed by atoms with Crippen molar-refractivity contribution in [2.75, 3.05) is 0 Å². The van der Waals surface area contributed by atoms with Crippen LogP contribution in [-0.4, -0.2) is 31.8 Å². The molecule has 27 heavy (non-hydrogen) atoms. The molecule has 0 aromatic heterocycles. The highest BCUT2D eigenvalue weighted by molar-refractivity contribution is 8.24. The summed E-state index contributed by atoms with van der Waals surface area (Å²) in [6.07, 6.45) is 0. The molecule has 140 valence electrons. The zero-order valence-corrected chi connectivity index (χ0v) is 16.6. The first-order valence-corrected chi connectivity index (χ1v) is 9.65. The Balaban J connectivity index is 1.81. The van der Waals surface area contributed by atoms with Crippen LogP contribution in [0.25, 0.3) is 0 Å². The lowest BCUT2D eigenvalue weighted by atomic mass is 10.00. The topological polar surface area (TPSA) is 49.4 Å². The number of thiocarbonyl (C=S) groups is 1. The van der Waals surface area contributed by atoms with E-state index in [4.69, 9.17) is 12.2 Å². The van der Waals surface area contributed by atoms with Gasteiger partial charge in [0.25, 0.3) is 11.8 Å². The van der Waals surface area contributed by atoms with Gasteiger partial charge in [0.15, 0.2) is 0 Å². The van der Waals surface area contributed by atoms with Crippen LogP contribution in [0.15, 0.2) is 54.6 Å². The van der Waals surface area contributed by atoms with Gasteiger partial charge in [-0.3, -0.25) is 14.5 Å². The standard InChI is InChI=1S/C20H19FN2O2S2/c1-20(2)16(22-17(24)14-6-4-3-5-7-14)18(25)23(19(26)27-20)12-13-8-10-15(21)11-9-13/h3-11,16H,12H2,1-2H3,(H,22,24). The minimum Gasteiger partial charge on any atom is -0.339 e. The van der Waals surface area contributed by atoms with Crippen molar-refractivity contribution in [3.05, 3.63) is 71.5 Å². The van der Waals surface area contributed by atoms with Gasteiger partial charge >= 0.3 is 0 Å². The second kappa shape index (κ2) is 7.78. The van der Waals surface area contributed by atoms with Crippen LogP contribution in [0.5, 0.6) is 0 Å². The van der Waals surface area contributed by atoms with Crippen LogP contribution in [0.2, 0.25) is 0 Å². The monoisotopic (exact) mass is 402 g/mol. The molecule has 1 aliphatic rings. The summed E-state index contributed by atoms with van der Waals surface area (Å²) in [6.45, 7) is 4.00. The van der Waals surface area contributed by atoms with E-state index < -0.39 is 10.8 Å². The maximum Gasteiger partial charge on any atom is 0.252 e. The number of nitrogens with zero attached hydrogens (tertiary/aromatic N) is 1. The minimum atomic E-state index is -0.734. The average molecular weight is 403 g/mol. The summed E-state index contributed by atoms with van der Waals surface area (Å²) < 4.78 is 13.0. The maximum absolute atomic E-state index is 13.1. The zero-order chi connectivity index (χ0) is 19.6. The van der Waals surface area contributed by atoms with Crippen LogP contribution in [-0.2, 0) is 11.3 Å². The van der Waals surface area contributed by atoms with Crippen molar-refractivity contribution < 1.29 is 14.0 Å². The summed E-state index contributed by atoms with van der Waals surface area (Å²) >= 11 is 6.79. The minimum absolute atomic E-state index is 0.235. The van der Waals surface area contributed by atoms with Gasteiger partial charge in [-0.15, -0.1) is 0 Å². The number of benzene rings is 2. The van der Waals surface area contributed by atoms with Gasteiger partial charge in [-0.1, -0.05) is 54.3 Å². The molecule has 2 aromatic carbocycles. The lowest BCUT2D eigenvalue weighted by Gasteiger charge is -2.42. The van der Waals surface area contributed by atoms with Gasteiger partial charge in [-0.2, -0.15) is 0 Å². The number of rotatable bonds is 4. The molecule has 0 aliphatic carbocycles. The van der Waals surface area contributed by atoms with E-state index in [1.165, 1.54) is 28.8 Å². The van der Waals surface area contributed by atoms with E-state index in [0.717, 1.165) is 5.56 Å². The van der Waals surface area contributed by atoms with E-state index in [0.29, 0.717) is 9.88 Å². The van der Waals surface area contributed by atoms with Gasteiger partial charge in [0, 0.05) is 10.3 Å². The number of carbonyl (C=O) groups is 2. The molecule has 3 rings (SSSR count). The number of carbonyl (C=O) groups excluding carboxylic acids is 2. The first-order chi connectivity index (χ1) is 12.8. The number of halogens is 1. The SMILES string of the molecule is CC1(C)SC(=S)N(Cc2ccc(F)cc2)C(=O)C1NC(=O)c1ccccc1. The molecule has 1 unspecified atom stereocenters. The Morgan fingerprint density at radius 3 is 2.44 bits per heavy atom. The van der Waals surface area contributed by atoms with E-state index in [9.17, 15) is 14.0 Å². The van der Waals surface area contributed by atoms with E-state index in [-0.39, 0.29) is 24.2 Å². The fourth-order valence-electron chi connectivity index (χ4n) is 2.84. The normalized spacial score (nSPS) is 19.1. The molecular formula is C20H19FN2O2S2. The third-order valence-electron chi connectivity index (χ3n) is 4.34. The van der Waals surface area contributed by atoms with E-state index in [1.807, 2.05) is 19.9 Å². The molecule has 0 saturated carbocycles. The molecule has 1 saturated heterocycles. The predicted molar refractivity (Wildman–Crippen MR) is 109 cm³/mol. The van der Waals surface area contributed by atoms with Gasteiger partial charge < -0.3 is 5.32 Å². The van der Waals surface area contributed by atoms with Crippen molar-refractivity contribution in [3.63, 3.8) is 0 Å².